The van der Waals surface area contributed by atoms with E-state index in [1.807, 2.05) is 56.3 Å². The molecule has 5 heteroatoms. The highest BCUT2D eigenvalue weighted by molar-refractivity contribution is 7.19. The fraction of sp³-hybridized carbons (Fsp3) is 0.200. The zero-order chi connectivity index (χ0) is 17.8. The van der Waals surface area contributed by atoms with E-state index >= 15 is 0 Å². The van der Waals surface area contributed by atoms with Crippen molar-refractivity contribution in [1.82, 2.24) is 4.98 Å². The molecule has 0 aliphatic rings. The van der Waals surface area contributed by atoms with Crippen LogP contribution in [0.15, 0.2) is 42.5 Å². The number of nitrogens with zero attached hydrogens (tertiary/aromatic N) is 2. The van der Waals surface area contributed by atoms with Gasteiger partial charge in [0.1, 0.15) is 11.1 Å². The zero-order valence-corrected chi connectivity index (χ0v) is 15.1. The first-order chi connectivity index (χ1) is 12.1. The predicted molar refractivity (Wildman–Crippen MR) is 102 cm³/mol. The van der Waals surface area contributed by atoms with Crippen LogP contribution in [0.3, 0.4) is 0 Å². The summed E-state index contributed by atoms with van der Waals surface area (Å²) in [5.41, 5.74) is 2.19. The van der Waals surface area contributed by atoms with E-state index in [1.54, 1.807) is 13.2 Å². The van der Waals surface area contributed by atoms with Crippen molar-refractivity contribution in [3.8, 4) is 17.6 Å². The molecule has 3 rings (SSSR count). The number of allylic oxidation sites excluding steroid dienone is 1. The van der Waals surface area contributed by atoms with Gasteiger partial charge in [0.2, 0.25) is 0 Å². The number of thiazole rings is 1. The van der Waals surface area contributed by atoms with Crippen LogP contribution in [-0.2, 0) is 0 Å². The summed E-state index contributed by atoms with van der Waals surface area (Å²) >= 11 is 1.50. The van der Waals surface area contributed by atoms with Crippen molar-refractivity contribution < 1.29 is 9.47 Å². The van der Waals surface area contributed by atoms with E-state index in [0.717, 1.165) is 15.8 Å². The Hall–Kier alpha value is -2.84. The van der Waals surface area contributed by atoms with Gasteiger partial charge in [0.25, 0.3) is 0 Å². The van der Waals surface area contributed by atoms with Gasteiger partial charge in [0.05, 0.1) is 29.0 Å². The van der Waals surface area contributed by atoms with E-state index in [2.05, 4.69) is 11.1 Å². The van der Waals surface area contributed by atoms with Crippen molar-refractivity contribution in [2.24, 2.45) is 0 Å². The maximum Gasteiger partial charge on any atom is 0.168 e. The lowest BCUT2D eigenvalue weighted by molar-refractivity contribution is 0.229. The molecule has 3 aromatic rings. The normalized spacial score (nSPS) is 11.6. The number of hydrogen-bond donors (Lipinski definition) is 0. The molecule has 4 nitrogen and oxygen atoms in total. The van der Waals surface area contributed by atoms with E-state index in [9.17, 15) is 5.26 Å². The Kier molecular flexibility index (Phi) is 5.01. The number of aromatic nitrogens is 1. The number of fused-ring (bicyclic) bond motifs is 1. The molecule has 0 aliphatic heterocycles. The highest BCUT2D eigenvalue weighted by atomic mass is 32.1. The third kappa shape index (κ3) is 3.65. The second-order valence-corrected chi connectivity index (χ2v) is 6.73. The fourth-order valence-corrected chi connectivity index (χ4v) is 3.39. The topological polar surface area (TPSA) is 55.1 Å². The number of benzene rings is 2. The van der Waals surface area contributed by atoms with Crippen LogP contribution in [0.1, 0.15) is 24.4 Å². The van der Waals surface area contributed by atoms with Gasteiger partial charge in [0.15, 0.2) is 11.5 Å². The monoisotopic (exact) mass is 350 g/mol. The first-order valence-corrected chi connectivity index (χ1v) is 8.75. The summed E-state index contributed by atoms with van der Waals surface area (Å²) in [5.74, 6) is 1.28. The van der Waals surface area contributed by atoms with Crippen LogP contribution in [-0.4, -0.2) is 18.2 Å². The van der Waals surface area contributed by atoms with Gasteiger partial charge in [-0.2, -0.15) is 5.26 Å². The van der Waals surface area contributed by atoms with Crippen molar-refractivity contribution in [3.05, 3.63) is 53.0 Å². The highest BCUT2D eigenvalue weighted by Gasteiger charge is 2.14. The summed E-state index contributed by atoms with van der Waals surface area (Å²) in [5, 5.41) is 10.3. The third-order valence-corrected chi connectivity index (χ3v) is 4.60. The number of rotatable bonds is 5. The number of para-hydroxylation sites is 2. The second kappa shape index (κ2) is 7.37. The Morgan fingerprint density at radius 2 is 2.00 bits per heavy atom. The quantitative estimate of drug-likeness (QED) is 0.597. The van der Waals surface area contributed by atoms with Crippen LogP contribution in [0.5, 0.6) is 11.5 Å². The molecule has 0 N–H and O–H groups in total. The summed E-state index contributed by atoms with van der Waals surface area (Å²) in [4.78, 5) is 4.57. The molecule has 0 spiro atoms. The van der Waals surface area contributed by atoms with Gasteiger partial charge >= 0.3 is 0 Å². The molecule has 0 unspecified atom stereocenters. The van der Waals surface area contributed by atoms with Gasteiger partial charge in [-0.25, -0.2) is 4.98 Å². The van der Waals surface area contributed by atoms with Gasteiger partial charge in [0, 0.05) is 5.56 Å². The van der Waals surface area contributed by atoms with Crippen molar-refractivity contribution in [3.63, 3.8) is 0 Å². The summed E-state index contributed by atoms with van der Waals surface area (Å²) < 4.78 is 12.4. The molecular formula is C20H18N2O2S. The van der Waals surface area contributed by atoms with E-state index in [4.69, 9.17) is 9.47 Å². The van der Waals surface area contributed by atoms with E-state index < -0.39 is 0 Å². The van der Waals surface area contributed by atoms with Crippen LogP contribution < -0.4 is 9.47 Å². The van der Waals surface area contributed by atoms with Crippen molar-refractivity contribution in [2.75, 3.05) is 7.11 Å². The lowest BCUT2D eigenvalue weighted by Crippen LogP contribution is -2.08. The molecular weight excluding hydrogens is 332 g/mol. The van der Waals surface area contributed by atoms with E-state index in [-0.39, 0.29) is 6.10 Å². The predicted octanol–water partition coefficient (Wildman–Crippen LogP) is 5.16. The van der Waals surface area contributed by atoms with Crippen molar-refractivity contribution in [2.45, 2.75) is 20.0 Å². The molecule has 0 fully saturated rings. The molecule has 0 atom stereocenters. The summed E-state index contributed by atoms with van der Waals surface area (Å²) in [6.07, 6.45) is 1.80. The van der Waals surface area contributed by atoms with Crippen molar-refractivity contribution in [1.29, 1.82) is 5.26 Å². The minimum Gasteiger partial charge on any atom is -0.493 e. The van der Waals surface area contributed by atoms with Crippen molar-refractivity contribution >= 4 is 33.2 Å². The minimum atomic E-state index is -0.00330. The first kappa shape index (κ1) is 17.0. The number of ether oxygens (including phenoxy) is 2. The van der Waals surface area contributed by atoms with Gasteiger partial charge in [-0.05, 0) is 38.1 Å². The van der Waals surface area contributed by atoms with Crippen LogP contribution in [0.4, 0.5) is 0 Å². The molecule has 126 valence electrons. The maximum atomic E-state index is 9.64. The molecule has 0 amide bonds. The Bertz CT molecular complexity index is 934. The first-order valence-electron chi connectivity index (χ1n) is 7.93. The average Bonchev–Trinajstić information content (AvgIpc) is 3.04. The minimum absolute atomic E-state index is 0.00330. The molecule has 25 heavy (non-hydrogen) atoms. The molecule has 0 saturated carbocycles. The van der Waals surface area contributed by atoms with Crippen LogP contribution in [0, 0.1) is 11.3 Å². The zero-order valence-electron chi connectivity index (χ0n) is 14.3. The fourth-order valence-electron chi connectivity index (χ4n) is 2.45. The Morgan fingerprint density at radius 3 is 2.68 bits per heavy atom. The summed E-state index contributed by atoms with van der Waals surface area (Å²) in [6.45, 7) is 3.91. The van der Waals surface area contributed by atoms with Gasteiger partial charge in [-0.3, -0.25) is 0 Å². The standard InChI is InChI=1S/C20H18N2O2S/c1-13(2)24-19-14(7-6-9-17(19)23-3)11-15(12-21)20-22-16-8-4-5-10-18(16)25-20/h4-11,13H,1-3H3/b15-11-. The summed E-state index contributed by atoms with van der Waals surface area (Å²) in [6, 6.07) is 15.8. The lowest BCUT2D eigenvalue weighted by Gasteiger charge is -2.16. The highest BCUT2D eigenvalue weighted by Crippen LogP contribution is 2.35. The number of nitriles is 1. The molecule has 0 bridgehead atoms. The van der Waals surface area contributed by atoms with Crippen LogP contribution in [0.25, 0.3) is 21.9 Å². The Morgan fingerprint density at radius 1 is 1.20 bits per heavy atom. The number of methoxy groups -OCH3 is 1. The van der Waals surface area contributed by atoms with Gasteiger partial charge < -0.3 is 9.47 Å². The largest absolute Gasteiger partial charge is 0.493 e. The molecule has 0 radical (unpaired) electrons. The molecule has 0 saturated heterocycles. The van der Waals surface area contributed by atoms with E-state index in [0.29, 0.717) is 22.1 Å². The average molecular weight is 350 g/mol. The number of hydrogen-bond acceptors (Lipinski definition) is 5. The van der Waals surface area contributed by atoms with Gasteiger partial charge in [-0.15, -0.1) is 11.3 Å². The smallest absolute Gasteiger partial charge is 0.168 e. The SMILES string of the molecule is COc1cccc(/C=C(/C#N)c2nc3ccccc3s2)c1OC(C)C. The molecule has 0 aliphatic carbocycles. The lowest BCUT2D eigenvalue weighted by atomic mass is 10.1. The molecule has 2 aromatic carbocycles. The summed E-state index contributed by atoms with van der Waals surface area (Å²) in [7, 11) is 1.61. The van der Waals surface area contributed by atoms with E-state index in [1.165, 1.54) is 11.3 Å². The Labute approximate surface area is 151 Å². The Balaban J connectivity index is 2.09. The second-order valence-electron chi connectivity index (χ2n) is 5.70. The third-order valence-electron chi connectivity index (χ3n) is 3.53. The maximum absolute atomic E-state index is 9.64. The van der Waals surface area contributed by atoms with Gasteiger partial charge in [-0.1, -0.05) is 24.3 Å². The van der Waals surface area contributed by atoms with Crippen LogP contribution in [0.2, 0.25) is 0 Å². The molecule has 1 aromatic heterocycles. The molecule has 1 heterocycles. The van der Waals surface area contributed by atoms with Crippen LogP contribution >= 0.6 is 11.3 Å².